The van der Waals surface area contributed by atoms with Crippen LogP contribution in [0.15, 0.2) is 18.2 Å². The number of nitrogen functional groups attached to an aromatic ring is 1. The zero-order chi connectivity index (χ0) is 12.8. The van der Waals surface area contributed by atoms with Crippen LogP contribution in [0, 0.1) is 0 Å². The zero-order valence-electron chi connectivity index (χ0n) is 9.31. The van der Waals surface area contributed by atoms with Crippen LogP contribution in [0.1, 0.15) is 12.0 Å². The summed E-state index contributed by atoms with van der Waals surface area (Å²) in [6.07, 6.45) is -2.56. The maximum absolute atomic E-state index is 12.4. The number of alkyl halides is 2. The van der Waals surface area contributed by atoms with Gasteiger partial charge in [0.15, 0.2) is 0 Å². The molecule has 0 saturated carbocycles. The molecule has 17 heavy (non-hydrogen) atoms. The first kappa shape index (κ1) is 13.7. The van der Waals surface area contributed by atoms with Crippen molar-refractivity contribution in [1.82, 2.24) is 0 Å². The summed E-state index contributed by atoms with van der Waals surface area (Å²) in [7, 11) is 0. The van der Waals surface area contributed by atoms with Gasteiger partial charge in [0.25, 0.3) is 6.43 Å². The molecule has 0 spiro atoms. The summed E-state index contributed by atoms with van der Waals surface area (Å²) < 4.78 is 24.9. The van der Waals surface area contributed by atoms with E-state index < -0.39 is 6.43 Å². The number of anilines is 2. The lowest BCUT2D eigenvalue weighted by molar-refractivity contribution is 0.151. The molecule has 0 heterocycles. The standard InChI is InChI=1S/C11H16F2N2O2/c12-11(13)8-1-2-10(9(14)7-8)15(3-5-16)4-6-17/h1-2,7,11,16-17H,3-6,14H2. The Bertz CT molecular complexity index is 355. The smallest absolute Gasteiger partial charge is 0.263 e. The molecule has 0 saturated heterocycles. The predicted octanol–water partition coefficient (Wildman–Crippen LogP) is 0.997. The molecule has 0 unspecified atom stereocenters. The van der Waals surface area contributed by atoms with E-state index in [-0.39, 0.29) is 24.5 Å². The van der Waals surface area contributed by atoms with E-state index >= 15 is 0 Å². The van der Waals surface area contributed by atoms with E-state index in [1.807, 2.05) is 0 Å². The first-order valence-corrected chi connectivity index (χ1v) is 5.24. The van der Waals surface area contributed by atoms with Gasteiger partial charge in [-0.05, 0) is 12.1 Å². The second-order valence-corrected chi connectivity index (χ2v) is 3.55. The molecule has 0 radical (unpaired) electrons. The van der Waals surface area contributed by atoms with Gasteiger partial charge in [-0.25, -0.2) is 8.78 Å². The molecule has 4 nitrogen and oxygen atoms in total. The van der Waals surface area contributed by atoms with E-state index in [9.17, 15) is 8.78 Å². The number of hydrogen-bond donors (Lipinski definition) is 3. The molecule has 1 aromatic rings. The van der Waals surface area contributed by atoms with Crippen molar-refractivity contribution in [1.29, 1.82) is 0 Å². The van der Waals surface area contributed by atoms with E-state index in [0.717, 1.165) is 0 Å². The Kier molecular flexibility index (Phi) is 5.11. The van der Waals surface area contributed by atoms with E-state index in [1.54, 1.807) is 4.90 Å². The van der Waals surface area contributed by atoms with Crippen molar-refractivity contribution in [3.8, 4) is 0 Å². The van der Waals surface area contributed by atoms with Crippen LogP contribution in [0.3, 0.4) is 0 Å². The molecule has 6 heteroatoms. The van der Waals surface area contributed by atoms with Crippen molar-refractivity contribution in [3.05, 3.63) is 23.8 Å². The maximum Gasteiger partial charge on any atom is 0.263 e. The average molecular weight is 246 g/mol. The van der Waals surface area contributed by atoms with Gasteiger partial charge in [-0.15, -0.1) is 0 Å². The third-order valence-electron chi connectivity index (χ3n) is 2.38. The van der Waals surface area contributed by atoms with Gasteiger partial charge in [0.05, 0.1) is 24.6 Å². The number of aliphatic hydroxyl groups excluding tert-OH is 2. The van der Waals surface area contributed by atoms with Crippen LogP contribution in [0.2, 0.25) is 0 Å². The lowest BCUT2D eigenvalue weighted by Crippen LogP contribution is -2.30. The lowest BCUT2D eigenvalue weighted by Gasteiger charge is -2.24. The molecule has 0 bridgehead atoms. The highest BCUT2D eigenvalue weighted by Gasteiger charge is 2.13. The third kappa shape index (κ3) is 3.54. The largest absolute Gasteiger partial charge is 0.397 e. The Hall–Kier alpha value is -1.40. The molecule has 0 amide bonds. The molecule has 1 rings (SSSR count). The van der Waals surface area contributed by atoms with Crippen molar-refractivity contribution < 1.29 is 19.0 Å². The Balaban J connectivity index is 2.95. The van der Waals surface area contributed by atoms with Crippen LogP contribution in [-0.2, 0) is 0 Å². The molecule has 0 aliphatic carbocycles. The van der Waals surface area contributed by atoms with Crippen LogP contribution in [0.5, 0.6) is 0 Å². The number of hydrogen-bond acceptors (Lipinski definition) is 4. The third-order valence-corrected chi connectivity index (χ3v) is 2.38. The van der Waals surface area contributed by atoms with Crippen LogP contribution < -0.4 is 10.6 Å². The molecule has 0 aromatic heterocycles. The monoisotopic (exact) mass is 246 g/mol. The first-order valence-electron chi connectivity index (χ1n) is 5.24. The van der Waals surface area contributed by atoms with E-state index in [2.05, 4.69) is 0 Å². The number of aliphatic hydroxyl groups is 2. The molecule has 0 fully saturated rings. The molecule has 96 valence electrons. The molecule has 0 atom stereocenters. The van der Waals surface area contributed by atoms with Gasteiger partial charge in [-0.1, -0.05) is 6.07 Å². The van der Waals surface area contributed by atoms with Crippen molar-refractivity contribution >= 4 is 11.4 Å². The van der Waals surface area contributed by atoms with E-state index in [4.69, 9.17) is 15.9 Å². The summed E-state index contributed by atoms with van der Waals surface area (Å²) in [4.78, 5) is 1.64. The number of nitrogens with zero attached hydrogens (tertiary/aromatic N) is 1. The number of halogens is 2. The minimum Gasteiger partial charge on any atom is -0.397 e. The number of nitrogens with two attached hydrogens (primary N) is 1. The quantitative estimate of drug-likeness (QED) is 0.655. The molecule has 0 aliphatic heterocycles. The van der Waals surface area contributed by atoms with Crippen molar-refractivity contribution in [2.45, 2.75) is 6.43 Å². The lowest BCUT2D eigenvalue weighted by atomic mass is 10.1. The highest BCUT2D eigenvalue weighted by atomic mass is 19.3. The fraction of sp³-hybridized carbons (Fsp3) is 0.455. The highest BCUT2D eigenvalue weighted by Crippen LogP contribution is 2.28. The Morgan fingerprint density at radius 3 is 2.18 bits per heavy atom. The topological polar surface area (TPSA) is 69.7 Å². The van der Waals surface area contributed by atoms with Crippen molar-refractivity contribution in [2.24, 2.45) is 0 Å². The summed E-state index contributed by atoms with van der Waals surface area (Å²) in [6.45, 7) is 0.379. The predicted molar refractivity (Wildman–Crippen MR) is 62.2 cm³/mol. The summed E-state index contributed by atoms with van der Waals surface area (Å²) in [5.74, 6) is 0. The number of benzene rings is 1. The second kappa shape index (κ2) is 6.36. The number of rotatable bonds is 6. The van der Waals surface area contributed by atoms with Gasteiger partial charge in [0.2, 0.25) is 0 Å². The van der Waals surface area contributed by atoms with Crippen LogP contribution in [-0.4, -0.2) is 36.5 Å². The Morgan fingerprint density at radius 2 is 1.76 bits per heavy atom. The van der Waals surface area contributed by atoms with Crippen LogP contribution >= 0.6 is 0 Å². The van der Waals surface area contributed by atoms with Crippen LogP contribution in [0.25, 0.3) is 0 Å². The SMILES string of the molecule is Nc1cc(C(F)F)ccc1N(CCO)CCO. The van der Waals surface area contributed by atoms with Gasteiger partial charge in [-0.2, -0.15) is 0 Å². The maximum atomic E-state index is 12.4. The normalized spacial score (nSPS) is 10.9. The second-order valence-electron chi connectivity index (χ2n) is 3.55. The average Bonchev–Trinajstić information content (AvgIpc) is 2.28. The summed E-state index contributed by atoms with van der Waals surface area (Å²) in [5, 5.41) is 17.7. The molecule has 0 aliphatic rings. The van der Waals surface area contributed by atoms with Gasteiger partial charge >= 0.3 is 0 Å². The fourth-order valence-corrected chi connectivity index (χ4v) is 1.59. The minimum absolute atomic E-state index is 0.101. The highest BCUT2D eigenvalue weighted by molar-refractivity contribution is 5.68. The van der Waals surface area contributed by atoms with E-state index in [1.165, 1.54) is 18.2 Å². The summed E-state index contributed by atoms with van der Waals surface area (Å²) >= 11 is 0. The van der Waals surface area contributed by atoms with E-state index in [0.29, 0.717) is 18.8 Å². The molecule has 4 N–H and O–H groups in total. The zero-order valence-corrected chi connectivity index (χ0v) is 9.31. The van der Waals surface area contributed by atoms with Crippen molar-refractivity contribution in [2.75, 3.05) is 36.9 Å². The van der Waals surface area contributed by atoms with Crippen LogP contribution in [0.4, 0.5) is 20.2 Å². The summed E-state index contributed by atoms with van der Waals surface area (Å²) in [5.41, 5.74) is 6.29. The van der Waals surface area contributed by atoms with Gasteiger partial charge in [0.1, 0.15) is 0 Å². The van der Waals surface area contributed by atoms with Gasteiger partial charge in [0, 0.05) is 18.7 Å². The summed E-state index contributed by atoms with van der Waals surface area (Å²) in [6, 6.07) is 3.97. The Labute approximate surface area is 98.3 Å². The molecular formula is C11H16F2N2O2. The van der Waals surface area contributed by atoms with Gasteiger partial charge < -0.3 is 20.8 Å². The Morgan fingerprint density at radius 1 is 1.18 bits per heavy atom. The van der Waals surface area contributed by atoms with Gasteiger partial charge in [-0.3, -0.25) is 0 Å². The molecule has 1 aromatic carbocycles. The minimum atomic E-state index is -2.56. The molecular weight excluding hydrogens is 230 g/mol. The van der Waals surface area contributed by atoms with Crippen molar-refractivity contribution in [3.63, 3.8) is 0 Å². The first-order chi connectivity index (χ1) is 8.10. The fourth-order valence-electron chi connectivity index (χ4n) is 1.59.